The molecule has 0 bridgehead atoms. The topological polar surface area (TPSA) is 71.3 Å². The van der Waals surface area contributed by atoms with E-state index >= 15 is 0 Å². The monoisotopic (exact) mass is 318 g/mol. The van der Waals surface area contributed by atoms with Gasteiger partial charge in [0.2, 0.25) is 0 Å². The van der Waals surface area contributed by atoms with Gasteiger partial charge >= 0.3 is 5.91 Å². The van der Waals surface area contributed by atoms with E-state index in [4.69, 9.17) is 4.42 Å². The van der Waals surface area contributed by atoms with Gasteiger partial charge in [-0.3, -0.25) is 20.4 Å². The zero-order valence-corrected chi connectivity index (χ0v) is 12.3. The number of hydrazine groups is 1. The number of nitrogens with one attached hydrogen (secondary N) is 2. The highest BCUT2D eigenvalue weighted by atomic mass is 32.1. The Hall–Kier alpha value is -2.67. The fraction of sp³-hybridized carbons (Fsp3) is 0.0667. The van der Waals surface area contributed by atoms with E-state index in [0.29, 0.717) is 15.8 Å². The summed E-state index contributed by atoms with van der Waals surface area (Å²) in [6.07, 6.45) is 0. The SMILES string of the molecule is Cc1c(C(=O)NNC(=O)c2cccs2)oc2c(F)cccc12. The van der Waals surface area contributed by atoms with Crippen LogP contribution >= 0.6 is 11.3 Å². The molecular formula is C15H11FN2O3S. The molecule has 2 amide bonds. The van der Waals surface area contributed by atoms with Gasteiger partial charge in [0.1, 0.15) is 0 Å². The molecule has 3 rings (SSSR count). The highest BCUT2D eigenvalue weighted by Crippen LogP contribution is 2.27. The molecule has 0 aliphatic heterocycles. The molecule has 0 saturated carbocycles. The number of hydrogen-bond donors (Lipinski definition) is 2. The summed E-state index contributed by atoms with van der Waals surface area (Å²) < 4.78 is 18.9. The molecule has 0 spiro atoms. The maximum absolute atomic E-state index is 13.6. The number of benzene rings is 1. The van der Waals surface area contributed by atoms with E-state index in [1.54, 1.807) is 36.6 Å². The molecule has 1 aromatic carbocycles. The van der Waals surface area contributed by atoms with Gasteiger partial charge in [-0.05, 0) is 24.4 Å². The van der Waals surface area contributed by atoms with E-state index in [1.165, 1.54) is 17.4 Å². The molecule has 0 aliphatic carbocycles. The van der Waals surface area contributed by atoms with Crippen LogP contribution in [0.2, 0.25) is 0 Å². The van der Waals surface area contributed by atoms with Gasteiger partial charge in [0.15, 0.2) is 17.2 Å². The maximum atomic E-state index is 13.6. The van der Waals surface area contributed by atoms with Gasteiger partial charge in [-0.15, -0.1) is 11.3 Å². The van der Waals surface area contributed by atoms with Gasteiger partial charge in [-0.25, -0.2) is 4.39 Å². The third-order valence-corrected chi connectivity index (χ3v) is 4.03. The Morgan fingerprint density at radius 3 is 2.59 bits per heavy atom. The molecule has 0 radical (unpaired) electrons. The van der Waals surface area contributed by atoms with Crippen molar-refractivity contribution >= 4 is 34.1 Å². The van der Waals surface area contributed by atoms with Crippen LogP contribution in [0.15, 0.2) is 40.1 Å². The fourth-order valence-corrected chi connectivity index (χ4v) is 2.68. The largest absolute Gasteiger partial charge is 0.447 e. The lowest BCUT2D eigenvalue weighted by molar-refractivity contribution is 0.0833. The van der Waals surface area contributed by atoms with Crippen LogP contribution in [0.25, 0.3) is 11.0 Å². The van der Waals surface area contributed by atoms with Gasteiger partial charge in [0, 0.05) is 10.9 Å². The van der Waals surface area contributed by atoms with Crippen molar-refractivity contribution in [3.05, 3.63) is 57.7 Å². The number of amides is 2. The van der Waals surface area contributed by atoms with E-state index in [1.807, 2.05) is 0 Å². The first kappa shape index (κ1) is 14.3. The van der Waals surface area contributed by atoms with Crippen molar-refractivity contribution in [2.45, 2.75) is 6.92 Å². The predicted molar refractivity (Wildman–Crippen MR) is 80.2 cm³/mol. The standard InChI is InChI=1S/C15H11FN2O3S/c1-8-9-4-2-5-10(16)13(9)21-12(8)15(20)18-17-14(19)11-6-3-7-22-11/h2-7H,1H3,(H,17,19)(H,18,20). The summed E-state index contributed by atoms with van der Waals surface area (Å²) in [5.74, 6) is -1.64. The summed E-state index contributed by atoms with van der Waals surface area (Å²) in [6.45, 7) is 1.65. The van der Waals surface area contributed by atoms with Crippen molar-refractivity contribution < 1.29 is 18.4 Å². The Morgan fingerprint density at radius 1 is 1.14 bits per heavy atom. The number of halogens is 1. The lowest BCUT2D eigenvalue weighted by Crippen LogP contribution is -2.41. The molecule has 0 atom stereocenters. The molecule has 2 aromatic heterocycles. The molecule has 112 valence electrons. The maximum Gasteiger partial charge on any atom is 0.305 e. The summed E-state index contributed by atoms with van der Waals surface area (Å²) in [6, 6.07) is 7.83. The van der Waals surface area contributed by atoms with Crippen LogP contribution in [0, 0.1) is 12.7 Å². The smallest absolute Gasteiger partial charge is 0.305 e. The molecule has 0 saturated heterocycles. The Balaban J connectivity index is 1.79. The number of rotatable bonds is 2. The molecular weight excluding hydrogens is 307 g/mol. The Morgan fingerprint density at radius 2 is 1.91 bits per heavy atom. The molecule has 2 heterocycles. The van der Waals surface area contributed by atoms with E-state index in [0.717, 1.165) is 0 Å². The van der Waals surface area contributed by atoms with E-state index in [9.17, 15) is 14.0 Å². The lowest BCUT2D eigenvalue weighted by Gasteiger charge is -2.04. The van der Waals surface area contributed by atoms with Crippen LogP contribution in [0.1, 0.15) is 25.8 Å². The second-order valence-corrected chi connectivity index (χ2v) is 5.51. The number of carbonyl (C=O) groups is 2. The average Bonchev–Trinajstić information content (AvgIpc) is 3.14. The highest BCUT2D eigenvalue weighted by Gasteiger charge is 2.20. The second kappa shape index (κ2) is 5.61. The molecule has 5 nitrogen and oxygen atoms in total. The molecule has 3 aromatic rings. The highest BCUT2D eigenvalue weighted by molar-refractivity contribution is 7.12. The normalized spacial score (nSPS) is 10.6. The number of thiophene rings is 1. The van der Waals surface area contributed by atoms with Crippen LogP contribution in [-0.2, 0) is 0 Å². The van der Waals surface area contributed by atoms with Gasteiger partial charge in [-0.2, -0.15) is 0 Å². The zero-order chi connectivity index (χ0) is 15.7. The zero-order valence-electron chi connectivity index (χ0n) is 11.5. The number of para-hydroxylation sites is 1. The number of carbonyl (C=O) groups excluding carboxylic acids is 2. The van der Waals surface area contributed by atoms with Crippen LogP contribution in [0.4, 0.5) is 4.39 Å². The molecule has 0 aliphatic rings. The van der Waals surface area contributed by atoms with Gasteiger partial charge in [0.25, 0.3) is 5.91 Å². The first-order chi connectivity index (χ1) is 10.6. The van der Waals surface area contributed by atoms with Crippen LogP contribution in [-0.4, -0.2) is 11.8 Å². The summed E-state index contributed by atoms with van der Waals surface area (Å²) in [7, 11) is 0. The Labute approximate surface area is 128 Å². The summed E-state index contributed by atoms with van der Waals surface area (Å²) >= 11 is 1.25. The first-order valence-corrected chi connectivity index (χ1v) is 7.27. The Kier molecular flexibility index (Phi) is 3.64. The van der Waals surface area contributed by atoms with Gasteiger partial charge < -0.3 is 4.42 Å². The van der Waals surface area contributed by atoms with Crippen molar-refractivity contribution in [2.24, 2.45) is 0 Å². The van der Waals surface area contributed by atoms with Crippen molar-refractivity contribution in [3.63, 3.8) is 0 Å². The Bertz CT molecular complexity index is 855. The summed E-state index contributed by atoms with van der Waals surface area (Å²) in [4.78, 5) is 24.3. The van der Waals surface area contributed by atoms with Crippen molar-refractivity contribution in [3.8, 4) is 0 Å². The van der Waals surface area contributed by atoms with Crippen LogP contribution in [0.3, 0.4) is 0 Å². The number of furan rings is 1. The third-order valence-electron chi connectivity index (χ3n) is 3.16. The quantitative estimate of drug-likeness (QED) is 0.714. The number of hydrogen-bond acceptors (Lipinski definition) is 4. The minimum absolute atomic E-state index is 0.0229. The van der Waals surface area contributed by atoms with Crippen LogP contribution < -0.4 is 10.9 Å². The van der Waals surface area contributed by atoms with E-state index in [-0.39, 0.29) is 11.3 Å². The van der Waals surface area contributed by atoms with Crippen molar-refractivity contribution in [2.75, 3.05) is 0 Å². The van der Waals surface area contributed by atoms with Gasteiger partial charge in [-0.1, -0.05) is 18.2 Å². The minimum atomic E-state index is -0.641. The molecule has 7 heteroatoms. The second-order valence-electron chi connectivity index (χ2n) is 4.56. The number of aryl methyl sites for hydroxylation is 1. The molecule has 0 unspecified atom stereocenters. The molecule has 2 N–H and O–H groups in total. The fourth-order valence-electron chi connectivity index (χ4n) is 2.07. The minimum Gasteiger partial charge on any atom is -0.447 e. The summed E-state index contributed by atoms with van der Waals surface area (Å²) in [5.41, 5.74) is 5.08. The van der Waals surface area contributed by atoms with E-state index < -0.39 is 17.6 Å². The van der Waals surface area contributed by atoms with Crippen molar-refractivity contribution in [1.82, 2.24) is 10.9 Å². The molecule has 22 heavy (non-hydrogen) atoms. The number of fused-ring (bicyclic) bond motifs is 1. The first-order valence-electron chi connectivity index (χ1n) is 6.39. The average molecular weight is 318 g/mol. The third kappa shape index (κ3) is 2.46. The lowest BCUT2D eigenvalue weighted by atomic mass is 10.1. The predicted octanol–water partition coefficient (Wildman–Crippen LogP) is 3.02. The van der Waals surface area contributed by atoms with Crippen LogP contribution in [0.5, 0.6) is 0 Å². The van der Waals surface area contributed by atoms with Crippen molar-refractivity contribution in [1.29, 1.82) is 0 Å². The molecule has 0 fully saturated rings. The van der Waals surface area contributed by atoms with E-state index in [2.05, 4.69) is 10.9 Å². The summed E-state index contributed by atoms with van der Waals surface area (Å²) in [5, 5.41) is 2.28. The van der Waals surface area contributed by atoms with Gasteiger partial charge in [0.05, 0.1) is 4.88 Å².